The van der Waals surface area contributed by atoms with Crippen molar-refractivity contribution >= 4 is 17.5 Å². The van der Waals surface area contributed by atoms with E-state index in [0.717, 1.165) is 19.0 Å². The molecule has 0 aromatic carbocycles. The third-order valence-electron chi connectivity index (χ3n) is 5.40. The number of aromatic nitrogens is 2. The number of hydrogen-bond acceptors (Lipinski definition) is 3. The van der Waals surface area contributed by atoms with Crippen molar-refractivity contribution in [1.82, 2.24) is 9.97 Å². The quantitative estimate of drug-likeness (QED) is 0.544. The molecule has 0 aliphatic heterocycles. The van der Waals surface area contributed by atoms with Gasteiger partial charge >= 0.3 is 6.18 Å². The first kappa shape index (κ1) is 22.3. The second kappa shape index (κ2) is 9.94. The molecule has 1 aliphatic carbocycles. The Hall–Kier alpha value is -1.04. The molecule has 1 aromatic heterocycles. The predicted octanol–water partition coefficient (Wildman–Crippen LogP) is 7.12. The summed E-state index contributed by atoms with van der Waals surface area (Å²) in [4.78, 5) is 7.59. The van der Waals surface area contributed by atoms with Crippen LogP contribution < -0.4 is 5.32 Å². The van der Waals surface area contributed by atoms with Crippen molar-refractivity contribution in [3.63, 3.8) is 0 Å². The van der Waals surface area contributed by atoms with Gasteiger partial charge in [-0.05, 0) is 30.6 Å². The summed E-state index contributed by atoms with van der Waals surface area (Å²) in [5.41, 5.74) is -0.730. The van der Waals surface area contributed by atoms with E-state index in [1.54, 1.807) is 0 Å². The highest BCUT2D eigenvalue weighted by molar-refractivity contribution is 6.30. The molecule has 1 N–H and O–H groups in total. The van der Waals surface area contributed by atoms with Gasteiger partial charge in [0.2, 0.25) is 5.95 Å². The number of halogens is 4. The average molecular weight is 406 g/mol. The number of nitrogens with one attached hydrogen (secondary N) is 1. The molecule has 7 heteroatoms. The highest BCUT2D eigenvalue weighted by atomic mass is 35.5. The molecule has 0 amide bonds. The van der Waals surface area contributed by atoms with Crippen LogP contribution in [0.15, 0.2) is 6.20 Å². The lowest BCUT2D eigenvalue weighted by Gasteiger charge is -2.30. The normalized spacial score (nSPS) is 22.5. The Balaban J connectivity index is 1.98. The molecule has 1 fully saturated rings. The van der Waals surface area contributed by atoms with Gasteiger partial charge in [0.25, 0.3) is 0 Å². The Morgan fingerprint density at radius 1 is 1.11 bits per heavy atom. The van der Waals surface area contributed by atoms with Crippen LogP contribution in [0.2, 0.25) is 5.15 Å². The van der Waals surface area contributed by atoms with Crippen LogP contribution in [0, 0.1) is 11.3 Å². The summed E-state index contributed by atoms with van der Waals surface area (Å²) in [6, 6.07) is 0. The maximum atomic E-state index is 12.8. The van der Waals surface area contributed by atoms with E-state index in [2.05, 4.69) is 29.1 Å². The van der Waals surface area contributed by atoms with Crippen LogP contribution in [-0.4, -0.2) is 16.5 Å². The molecule has 1 unspecified atom stereocenters. The maximum Gasteiger partial charge on any atom is 0.420 e. The molecular weight excluding hydrogens is 375 g/mol. The molecular formula is C20H31ClF3N3. The van der Waals surface area contributed by atoms with E-state index in [1.807, 2.05) is 0 Å². The first-order valence-electron chi connectivity index (χ1n) is 10.0. The van der Waals surface area contributed by atoms with Crippen LogP contribution in [0.3, 0.4) is 0 Å². The van der Waals surface area contributed by atoms with Crippen molar-refractivity contribution in [3.05, 3.63) is 16.9 Å². The van der Waals surface area contributed by atoms with Crippen molar-refractivity contribution in [2.45, 2.75) is 84.2 Å². The lowest BCUT2D eigenvalue weighted by atomic mass is 9.77. The van der Waals surface area contributed by atoms with Gasteiger partial charge in [0.05, 0.1) is 0 Å². The van der Waals surface area contributed by atoms with Crippen LogP contribution in [0.5, 0.6) is 0 Å². The molecule has 1 aliphatic rings. The third-order valence-corrected chi connectivity index (χ3v) is 5.69. The fraction of sp³-hybridized carbons (Fsp3) is 0.800. The van der Waals surface area contributed by atoms with Crippen LogP contribution >= 0.6 is 11.6 Å². The van der Waals surface area contributed by atoms with E-state index in [4.69, 9.17) is 11.6 Å². The summed E-state index contributed by atoms with van der Waals surface area (Å²) in [6.45, 7) is 5.29. The van der Waals surface area contributed by atoms with Crippen molar-refractivity contribution in [2.75, 3.05) is 11.9 Å². The van der Waals surface area contributed by atoms with Crippen LogP contribution in [0.25, 0.3) is 0 Å². The summed E-state index contributed by atoms with van der Waals surface area (Å²) < 4.78 is 38.3. The molecule has 1 aromatic rings. The van der Waals surface area contributed by atoms with Gasteiger partial charge in [-0.2, -0.15) is 13.2 Å². The molecule has 154 valence electrons. The van der Waals surface area contributed by atoms with Gasteiger partial charge in [0.15, 0.2) is 0 Å². The minimum atomic E-state index is -4.53. The van der Waals surface area contributed by atoms with E-state index < -0.39 is 16.9 Å². The molecule has 3 nitrogen and oxygen atoms in total. The molecule has 1 atom stereocenters. The monoisotopic (exact) mass is 405 g/mol. The Labute approximate surface area is 165 Å². The van der Waals surface area contributed by atoms with E-state index in [-0.39, 0.29) is 11.4 Å². The van der Waals surface area contributed by atoms with Crippen molar-refractivity contribution in [3.8, 4) is 0 Å². The van der Waals surface area contributed by atoms with E-state index in [9.17, 15) is 13.2 Å². The minimum absolute atomic E-state index is 0.164. The Bertz CT molecular complexity index is 590. The van der Waals surface area contributed by atoms with Crippen LogP contribution in [-0.2, 0) is 6.18 Å². The van der Waals surface area contributed by atoms with Gasteiger partial charge in [-0.25, -0.2) is 9.97 Å². The molecule has 27 heavy (non-hydrogen) atoms. The van der Waals surface area contributed by atoms with Crippen LogP contribution in [0.1, 0.15) is 83.6 Å². The van der Waals surface area contributed by atoms with Crippen LogP contribution in [0.4, 0.5) is 19.1 Å². The summed E-state index contributed by atoms with van der Waals surface area (Å²) in [5, 5.41) is 2.55. The van der Waals surface area contributed by atoms with E-state index >= 15 is 0 Å². The molecule has 0 spiro atoms. The number of anilines is 1. The standard InChI is InChI=1S/C20H31ClF3N3/c1-19(2)11-9-7-5-3-4-6-8-10-15(12-19)13-25-18-26-14-16(17(21)27-18)20(22,23)24/h14-15H,3-13H2,1-2H3,(H,25,26,27). The molecule has 2 rings (SSSR count). The molecule has 1 saturated carbocycles. The van der Waals surface area contributed by atoms with Gasteiger partial charge < -0.3 is 5.32 Å². The summed E-state index contributed by atoms with van der Waals surface area (Å²) in [7, 11) is 0. The van der Waals surface area contributed by atoms with Crippen molar-refractivity contribution in [1.29, 1.82) is 0 Å². The number of rotatable bonds is 3. The number of nitrogens with zero attached hydrogens (tertiary/aromatic N) is 2. The van der Waals surface area contributed by atoms with Crippen molar-refractivity contribution in [2.24, 2.45) is 11.3 Å². The first-order chi connectivity index (χ1) is 12.7. The largest absolute Gasteiger partial charge is 0.420 e. The Morgan fingerprint density at radius 2 is 1.74 bits per heavy atom. The molecule has 0 saturated heterocycles. The molecule has 1 heterocycles. The van der Waals surface area contributed by atoms with Gasteiger partial charge in [0.1, 0.15) is 10.7 Å². The van der Waals surface area contributed by atoms with Gasteiger partial charge in [-0.15, -0.1) is 0 Å². The first-order valence-corrected chi connectivity index (χ1v) is 10.4. The zero-order valence-electron chi connectivity index (χ0n) is 16.3. The van der Waals surface area contributed by atoms with E-state index in [0.29, 0.717) is 12.5 Å². The Morgan fingerprint density at radius 3 is 2.37 bits per heavy atom. The average Bonchev–Trinajstić information content (AvgIpc) is 2.55. The highest BCUT2D eigenvalue weighted by Gasteiger charge is 2.34. The molecule has 0 radical (unpaired) electrons. The summed E-state index contributed by atoms with van der Waals surface area (Å²) >= 11 is 5.69. The zero-order valence-corrected chi connectivity index (χ0v) is 17.1. The topological polar surface area (TPSA) is 37.8 Å². The summed E-state index contributed by atoms with van der Waals surface area (Å²) in [6.07, 6.45) is 8.61. The number of hydrogen-bond donors (Lipinski definition) is 1. The highest BCUT2D eigenvalue weighted by Crippen LogP contribution is 2.35. The van der Waals surface area contributed by atoms with E-state index in [1.165, 1.54) is 51.4 Å². The lowest BCUT2D eigenvalue weighted by molar-refractivity contribution is -0.137. The fourth-order valence-corrected chi connectivity index (χ4v) is 4.19. The summed E-state index contributed by atoms with van der Waals surface area (Å²) in [5.74, 6) is 0.612. The minimum Gasteiger partial charge on any atom is -0.354 e. The fourth-order valence-electron chi connectivity index (χ4n) is 3.95. The smallest absolute Gasteiger partial charge is 0.354 e. The Kier molecular flexibility index (Phi) is 8.20. The van der Waals surface area contributed by atoms with Crippen molar-refractivity contribution < 1.29 is 13.2 Å². The SMILES string of the molecule is CC1(C)CCCCCCCCCC(CNc2ncc(C(F)(F)F)c(Cl)n2)C1. The lowest BCUT2D eigenvalue weighted by Crippen LogP contribution is -2.24. The second-order valence-electron chi connectivity index (χ2n) is 8.52. The van der Waals surface area contributed by atoms with Gasteiger partial charge in [-0.3, -0.25) is 0 Å². The van der Waals surface area contributed by atoms with Gasteiger partial charge in [-0.1, -0.05) is 70.4 Å². The second-order valence-corrected chi connectivity index (χ2v) is 8.88. The third kappa shape index (κ3) is 7.84. The zero-order chi connectivity index (χ0) is 19.9. The van der Waals surface area contributed by atoms with Gasteiger partial charge in [0, 0.05) is 12.7 Å². The predicted molar refractivity (Wildman–Crippen MR) is 104 cm³/mol. The maximum absolute atomic E-state index is 12.8. The number of alkyl halides is 3. The molecule has 0 bridgehead atoms.